The number of hydrogen-bond acceptors (Lipinski definition) is 4. The lowest BCUT2D eigenvalue weighted by Crippen LogP contribution is -3.00. The van der Waals surface area contributed by atoms with Crippen LogP contribution in [0.1, 0.15) is 54.3 Å². The molecular formula is C36H40I4N4O4. The molecule has 0 atom stereocenters. The molecule has 4 amide bonds. The highest BCUT2D eigenvalue weighted by molar-refractivity contribution is 14.0. The SMILES string of the molecule is C[N+](C)(C)CCCN1C(=O)c2ccc3c4ccc5c6c(ccc(c7ccc(c2c37)C1=O)c64)C(=O)N(CCC[N+](C)(C)C)C5=O.I.I.[I-].[I-]. The molecule has 0 N–H and O–H groups in total. The zero-order valence-corrected chi connectivity index (χ0v) is 36.8. The summed E-state index contributed by atoms with van der Waals surface area (Å²) in [5.41, 5.74) is 2.15. The first-order valence-corrected chi connectivity index (χ1v) is 15.3. The fourth-order valence-corrected chi connectivity index (χ4v) is 7.18. The van der Waals surface area contributed by atoms with Crippen molar-refractivity contribution < 1.29 is 76.1 Å². The van der Waals surface area contributed by atoms with E-state index < -0.39 is 0 Å². The number of quaternary nitrogens is 2. The third kappa shape index (κ3) is 6.66. The van der Waals surface area contributed by atoms with Crippen LogP contribution in [-0.4, -0.2) is 111 Å². The van der Waals surface area contributed by atoms with E-state index in [1.165, 1.54) is 9.80 Å². The standard InChI is InChI=1S/C36H38N4O4.4HI/c1-39(2,3)19-7-17-37-33(41)25-13-9-21-23-11-15-27-32-28(36(44)38(35(27)43)18-8-20-40(4,5)6)16-12-24(30(23)32)22-10-14-26(34(37)42)31(25)29(21)22;;;;/h9-16H,7-8,17-20H2,1-6H3;4*1H/q+2;;;;/p-2. The average Bonchev–Trinajstić information content (AvgIpc) is 2.96. The van der Waals surface area contributed by atoms with E-state index in [4.69, 9.17) is 0 Å². The number of fused-ring (bicyclic) bond motifs is 2. The van der Waals surface area contributed by atoms with Gasteiger partial charge in [-0.15, -0.1) is 48.0 Å². The highest BCUT2D eigenvalue weighted by Gasteiger charge is 2.37. The van der Waals surface area contributed by atoms with Crippen LogP contribution < -0.4 is 48.0 Å². The number of benzene rings is 5. The minimum Gasteiger partial charge on any atom is -1.00 e. The maximum Gasteiger partial charge on any atom is 0.261 e. The molecule has 0 aromatic heterocycles. The molecule has 12 heteroatoms. The Bertz CT molecular complexity index is 1830. The third-order valence-electron chi connectivity index (χ3n) is 9.23. The van der Waals surface area contributed by atoms with Crippen LogP contribution >= 0.6 is 48.0 Å². The van der Waals surface area contributed by atoms with Crippen molar-refractivity contribution in [2.24, 2.45) is 0 Å². The highest BCUT2D eigenvalue weighted by atomic mass is 127. The van der Waals surface area contributed by atoms with Crippen molar-refractivity contribution >= 4 is 115 Å². The molecule has 8 nitrogen and oxygen atoms in total. The molecule has 0 spiro atoms. The van der Waals surface area contributed by atoms with E-state index in [1.54, 1.807) is 0 Å². The highest BCUT2D eigenvalue weighted by Crippen LogP contribution is 2.46. The van der Waals surface area contributed by atoms with Crippen molar-refractivity contribution in [3.63, 3.8) is 0 Å². The Hall–Kier alpha value is -1.48. The summed E-state index contributed by atoms with van der Waals surface area (Å²) in [4.78, 5) is 57.7. The van der Waals surface area contributed by atoms with Crippen LogP contribution in [0.2, 0.25) is 0 Å². The third-order valence-corrected chi connectivity index (χ3v) is 9.23. The Morgan fingerprint density at radius 3 is 0.917 bits per heavy atom. The lowest BCUT2D eigenvalue weighted by atomic mass is 9.82. The lowest BCUT2D eigenvalue weighted by Gasteiger charge is -2.31. The van der Waals surface area contributed by atoms with Gasteiger partial charge in [-0.3, -0.25) is 29.0 Å². The summed E-state index contributed by atoms with van der Waals surface area (Å²) in [5, 5.41) is 6.74. The van der Waals surface area contributed by atoms with Gasteiger partial charge in [0, 0.05) is 59.0 Å². The second-order valence-electron chi connectivity index (χ2n) is 14.4. The molecule has 0 fully saturated rings. The van der Waals surface area contributed by atoms with E-state index in [1.807, 2.05) is 48.5 Å². The summed E-state index contributed by atoms with van der Waals surface area (Å²) in [6.07, 6.45) is 1.45. The van der Waals surface area contributed by atoms with E-state index in [2.05, 4.69) is 42.3 Å². The number of carbonyl (C=O) groups is 4. The van der Waals surface area contributed by atoms with Gasteiger partial charge >= 0.3 is 0 Å². The fourth-order valence-electron chi connectivity index (χ4n) is 7.18. The first kappa shape index (κ1) is 40.9. The van der Waals surface area contributed by atoms with Crippen molar-refractivity contribution in [1.29, 1.82) is 0 Å². The van der Waals surface area contributed by atoms with Crippen LogP contribution in [0.15, 0.2) is 48.5 Å². The molecule has 256 valence electrons. The number of imide groups is 2. The maximum absolute atomic E-state index is 13.7. The van der Waals surface area contributed by atoms with Gasteiger partial charge in [-0.1, -0.05) is 24.3 Å². The monoisotopic (exact) mass is 1100 g/mol. The predicted octanol–water partition coefficient (Wildman–Crippen LogP) is 0.366. The van der Waals surface area contributed by atoms with Gasteiger partial charge < -0.3 is 56.9 Å². The Morgan fingerprint density at radius 1 is 0.438 bits per heavy atom. The Labute approximate surface area is 349 Å². The number of nitrogens with zero attached hydrogens (tertiary/aromatic N) is 4. The normalized spacial score (nSPS) is 14.4. The van der Waals surface area contributed by atoms with Gasteiger partial charge in [0.1, 0.15) is 0 Å². The molecule has 0 saturated carbocycles. The quantitative estimate of drug-likeness (QED) is 0.0742. The minimum atomic E-state index is -0.259. The van der Waals surface area contributed by atoms with Gasteiger partial charge in [0.05, 0.1) is 55.4 Å². The van der Waals surface area contributed by atoms with E-state index in [0.29, 0.717) is 46.1 Å². The zero-order valence-electron chi connectivity index (χ0n) is 27.9. The van der Waals surface area contributed by atoms with Crippen molar-refractivity contribution in [3.05, 3.63) is 70.8 Å². The Balaban J connectivity index is 0.00000156. The van der Waals surface area contributed by atoms with Crippen LogP contribution in [-0.2, 0) is 0 Å². The summed E-state index contributed by atoms with van der Waals surface area (Å²) < 4.78 is 1.52. The summed E-state index contributed by atoms with van der Waals surface area (Å²) in [7, 11) is 12.6. The van der Waals surface area contributed by atoms with Gasteiger partial charge in [0.2, 0.25) is 0 Å². The maximum atomic E-state index is 13.7. The van der Waals surface area contributed by atoms with E-state index in [9.17, 15) is 19.2 Å². The van der Waals surface area contributed by atoms with E-state index in [-0.39, 0.29) is 120 Å². The number of halogens is 4. The molecule has 0 bridgehead atoms. The molecule has 0 aliphatic carbocycles. The molecule has 0 radical (unpaired) electrons. The molecule has 48 heavy (non-hydrogen) atoms. The summed E-state index contributed by atoms with van der Waals surface area (Å²) >= 11 is 0. The van der Waals surface area contributed by atoms with Crippen molar-refractivity contribution in [3.8, 4) is 0 Å². The average molecular weight is 1100 g/mol. The zero-order chi connectivity index (χ0) is 31.3. The van der Waals surface area contributed by atoms with Crippen molar-refractivity contribution in [1.82, 2.24) is 9.80 Å². The largest absolute Gasteiger partial charge is 1.00 e. The lowest BCUT2D eigenvalue weighted by molar-refractivity contribution is -0.870. The molecule has 5 aromatic rings. The molecule has 0 unspecified atom stereocenters. The Morgan fingerprint density at radius 2 is 0.688 bits per heavy atom. The van der Waals surface area contributed by atoms with Crippen LogP contribution in [0.4, 0.5) is 0 Å². The van der Waals surface area contributed by atoms with Crippen molar-refractivity contribution in [2.75, 3.05) is 68.5 Å². The number of hydrogen-bond donors (Lipinski definition) is 0. The van der Waals surface area contributed by atoms with Crippen LogP contribution in [0.25, 0.3) is 43.1 Å². The molecule has 7 rings (SSSR count). The fraction of sp³-hybridized carbons (Fsp3) is 0.333. The number of amides is 4. The van der Waals surface area contributed by atoms with Crippen molar-refractivity contribution in [2.45, 2.75) is 12.8 Å². The van der Waals surface area contributed by atoms with Gasteiger partial charge in [0.15, 0.2) is 0 Å². The number of carbonyl (C=O) groups excluding carboxylic acids is 4. The Kier molecular flexibility index (Phi) is 12.5. The topological polar surface area (TPSA) is 74.8 Å². The second-order valence-corrected chi connectivity index (χ2v) is 14.4. The molecule has 2 aliphatic rings. The summed E-state index contributed by atoms with van der Waals surface area (Å²) in [5.74, 6) is -1.04. The molecule has 5 aromatic carbocycles. The molecule has 2 aliphatic heterocycles. The first-order chi connectivity index (χ1) is 20.8. The van der Waals surface area contributed by atoms with Gasteiger partial charge in [-0.2, -0.15) is 0 Å². The first-order valence-electron chi connectivity index (χ1n) is 15.3. The molecule has 2 heterocycles. The van der Waals surface area contributed by atoms with E-state index >= 15 is 0 Å². The summed E-state index contributed by atoms with van der Waals surface area (Å²) in [6.45, 7) is 2.45. The van der Waals surface area contributed by atoms with Crippen LogP contribution in [0.5, 0.6) is 0 Å². The van der Waals surface area contributed by atoms with Gasteiger partial charge in [0.25, 0.3) is 23.6 Å². The minimum absolute atomic E-state index is 0. The summed E-state index contributed by atoms with van der Waals surface area (Å²) in [6, 6.07) is 15.2. The van der Waals surface area contributed by atoms with E-state index in [0.717, 1.165) is 67.2 Å². The molecule has 0 saturated heterocycles. The van der Waals surface area contributed by atoms with Crippen LogP contribution in [0, 0.1) is 0 Å². The van der Waals surface area contributed by atoms with Gasteiger partial charge in [-0.05, 0) is 56.6 Å². The number of rotatable bonds is 8. The second kappa shape index (κ2) is 14.6. The molecular weight excluding hydrogens is 1060 g/mol. The van der Waals surface area contributed by atoms with Gasteiger partial charge in [-0.25, -0.2) is 0 Å². The smallest absolute Gasteiger partial charge is 0.261 e. The predicted molar refractivity (Wildman–Crippen MR) is 204 cm³/mol. The van der Waals surface area contributed by atoms with Crippen LogP contribution in [0.3, 0.4) is 0 Å².